The van der Waals surface area contributed by atoms with Crippen molar-refractivity contribution in [3.8, 4) is 11.8 Å². The van der Waals surface area contributed by atoms with Gasteiger partial charge < -0.3 is 10.6 Å². The zero-order valence-corrected chi connectivity index (χ0v) is 16.9. The molecule has 30 heavy (non-hydrogen) atoms. The summed E-state index contributed by atoms with van der Waals surface area (Å²) in [6.07, 6.45) is -4.24. The number of aliphatic imine (C=N–C) groups is 1. The van der Waals surface area contributed by atoms with Crippen molar-refractivity contribution in [3.63, 3.8) is 0 Å². The molecule has 0 radical (unpaired) electrons. The summed E-state index contributed by atoms with van der Waals surface area (Å²) in [4.78, 5) is 5.54. The minimum atomic E-state index is -4.72. The average Bonchev–Trinajstić information content (AvgIpc) is 2.95. The molecule has 6 nitrogen and oxygen atoms in total. The van der Waals surface area contributed by atoms with Crippen LogP contribution in [0.1, 0.15) is 23.2 Å². The van der Waals surface area contributed by atoms with Gasteiger partial charge in [-0.05, 0) is 12.1 Å². The Labute approximate surface area is 177 Å². The molecule has 160 valence electrons. The molecular formula is C17H13Cl2F5N6. The third kappa shape index (κ3) is 3.59. The van der Waals surface area contributed by atoms with Crippen LogP contribution in [0.3, 0.4) is 0 Å². The van der Waals surface area contributed by atoms with Crippen LogP contribution in [0.4, 0.5) is 27.8 Å². The van der Waals surface area contributed by atoms with Gasteiger partial charge in [-0.2, -0.15) is 23.5 Å². The number of hydrogen-bond acceptors (Lipinski definition) is 4. The summed E-state index contributed by atoms with van der Waals surface area (Å²) in [7, 11) is 3.19. The molecule has 0 amide bonds. The lowest BCUT2D eigenvalue weighted by Crippen LogP contribution is -2.28. The van der Waals surface area contributed by atoms with E-state index in [1.807, 2.05) is 0 Å². The first-order valence-corrected chi connectivity index (χ1v) is 8.96. The number of nitriles is 1. The molecule has 1 atom stereocenters. The van der Waals surface area contributed by atoms with Crippen LogP contribution in [0.25, 0.3) is 5.69 Å². The SMILES string of the molecule is CN(C)/C=N\c1c(C2(N)CC2(F)F)c(C#N)nn1-c1c(Cl)cc(C(F)(F)F)cc1Cl. The second kappa shape index (κ2) is 7.08. The van der Waals surface area contributed by atoms with Crippen LogP contribution in [0.2, 0.25) is 10.0 Å². The third-order valence-corrected chi connectivity index (χ3v) is 4.98. The van der Waals surface area contributed by atoms with Crippen molar-refractivity contribution in [1.29, 1.82) is 5.26 Å². The van der Waals surface area contributed by atoms with Crippen molar-refractivity contribution in [3.05, 3.63) is 39.0 Å². The van der Waals surface area contributed by atoms with Crippen molar-refractivity contribution < 1.29 is 22.0 Å². The van der Waals surface area contributed by atoms with Crippen molar-refractivity contribution in [2.45, 2.75) is 24.1 Å². The molecule has 2 N–H and O–H groups in total. The number of hydrogen-bond donors (Lipinski definition) is 1. The zero-order valence-electron chi connectivity index (χ0n) is 15.4. The fraction of sp³-hybridized carbons (Fsp3) is 0.353. The van der Waals surface area contributed by atoms with Crippen LogP contribution in [0, 0.1) is 11.3 Å². The summed E-state index contributed by atoms with van der Waals surface area (Å²) >= 11 is 12.1. The van der Waals surface area contributed by atoms with E-state index in [1.165, 1.54) is 11.2 Å². The molecule has 0 bridgehead atoms. The maximum atomic E-state index is 14.0. The molecule has 1 unspecified atom stereocenters. The first-order chi connectivity index (χ1) is 13.7. The van der Waals surface area contributed by atoms with Crippen LogP contribution < -0.4 is 5.73 Å². The van der Waals surface area contributed by atoms with Gasteiger partial charge >= 0.3 is 6.18 Å². The number of nitrogens with two attached hydrogens (primary N) is 1. The number of aromatic nitrogens is 2. The normalized spacial score (nSPS) is 20.4. The van der Waals surface area contributed by atoms with Gasteiger partial charge in [0.1, 0.15) is 17.3 Å². The van der Waals surface area contributed by atoms with E-state index in [2.05, 4.69) is 10.1 Å². The lowest BCUT2D eigenvalue weighted by atomic mass is 10.1. The molecule has 1 aliphatic carbocycles. The van der Waals surface area contributed by atoms with E-state index in [-0.39, 0.29) is 17.1 Å². The molecule has 1 fully saturated rings. The highest BCUT2D eigenvalue weighted by molar-refractivity contribution is 6.38. The molecule has 13 heteroatoms. The van der Waals surface area contributed by atoms with Crippen molar-refractivity contribution in [2.75, 3.05) is 14.1 Å². The Hall–Kier alpha value is -2.42. The standard InChI is InChI=1S/C17H13Cl2F5N6/c1-29(2)7-27-14-12(15(26)6-16(15,20)21)11(5-25)28-30(14)13-9(18)3-8(4-10(13)19)17(22,23)24/h3-4,7H,6,26H2,1-2H3/b27-7-. The first kappa shape index (κ1) is 22.3. The number of benzene rings is 1. The monoisotopic (exact) mass is 466 g/mol. The lowest BCUT2D eigenvalue weighted by Gasteiger charge is -2.15. The first-order valence-electron chi connectivity index (χ1n) is 8.20. The third-order valence-electron chi connectivity index (χ3n) is 4.41. The predicted octanol–water partition coefficient (Wildman–Crippen LogP) is 4.48. The van der Waals surface area contributed by atoms with Gasteiger partial charge in [-0.3, -0.25) is 0 Å². The summed E-state index contributed by atoms with van der Waals surface area (Å²) in [5.74, 6) is -3.61. The molecule has 0 aliphatic heterocycles. The molecule has 3 rings (SSSR count). The zero-order chi connectivity index (χ0) is 22.6. The van der Waals surface area contributed by atoms with Gasteiger partial charge in [-0.25, -0.2) is 18.5 Å². The van der Waals surface area contributed by atoms with Gasteiger partial charge in [0, 0.05) is 20.5 Å². The van der Waals surface area contributed by atoms with Crippen LogP contribution in [-0.2, 0) is 11.7 Å². The molecule has 1 aromatic carbocycles. The highest BCUT2D eigenvalue weighted by atomic mass is 35.5. The Balaban J connectivity index is 2.32. The van der Waals surface area contributed by atoms with Crippen molar-refractivity contribution in [2.24, 2.45) is 10.7 Å². The summed E-state index contributed by atoms with van der Waals surface area (Å²) in [6, 6.07) is 2.90. The average molecular weight is 467 g/mol. The fourth-order valence-electron chi connectivity index (χ4n) is 2.85. The van der Waals surface area contributed by atoms with Crippen molar-refractivity contribution >= 4 is 35.4 Å². The fourth-order valence-corrected chi connectivity index (χ4v) is 3.50. The van der Waals surface area contributed by atoms with E-state index < -0.39 is 45.4 Å². The summed E-state index contributed by atoms with van der Waals surface area (Å²) in [5.41, 5.74) is 1.43. The molecule has 1 aliphatic rings. The second-order valence-corrected chi connectivity index (χ2v) is 7.73. The van der Waals surface area contributed by atoms with Crippen LogP contribution in [-0.4, -0.2) is 41.0 Å². The van der Waals surface area contributed by atoms with Gasteiger partial charge in [0.25, 0.3) is 5.92 Å². The minimum Gasteiger partial charge on any atom is -0.369 e. The second-order valence-electron chi connectivity index (χ2n) is 6.92. The maximum Gasteiger partial charge on any atom is 0.416 e. The van der Waals surface area contributed by atoms with Gasteiger partial charge in [0.15, 0.2) is 11.5 Å². The predicted molar refractivity (Wildman–Crippen MR) is 101 cm³/mol. The Morgan fingerprint density at radius 1 is 1.30 bits per heavy atom. The molecule has 1 heterocycles. The van der Waals surface area contributed by atoms with E-state index in [1.54, 1.807) is 20.2 Å². The maximum absolute atomic E-state index is 14.0. The van der Waals surface area contributed by atoms with E-state index in [4.69, 9.17) is 28.9 Å². The number of nitrogens with zero attached hydrogens (tertiary/aromatic N) is 5. The summed E-state index contributed by atoms with van der Waals surface area (Å²) in [6.45, 7) is 0. The smallest absolute Gasteiger partial charge is 0.369 e. The van der Waals surface area contributed by atoms with Gasteiger partial charge in [-0.1, -0.05) is 23.2 Å². The Kier molecular flexibility index (Phi) is 5.25. The molecule has 1 aromatic heterocycles. The molecule has 0 saturated heterocycles. The molecule has 1 saturated carbocycles. The summed E-state index contributed by atoms with van der Waals surface area (Å²) < 4.78 is 68.0. The van der Waals surface area contributed by atoms with E-state index in [9.17, 15) is 27.2 Å². The highest BCUT2D eigenvalue weighted by Crippen LogP contribution is 2.60. The summed E-state index contributed by atoms with van der Waals surface area (Å²) in [5, 5.41) is 12.4. The highest BCUT2D eigenvalue weighted by Gasteiger charge is 2.72. The number of alkyl halides is 5. The molecule has 2 aromatic rings. The largest absolute Gasteiger partial charge is 0.416 e. The van der Waals surface area contributed by atoms with Gasteiger partial charge in [0.2, 0.25) is 0 Å². The lowest BCUT2D eigenvalue weighted by molar-refractivity contribution is -0.137. The van der Waals surface area contributed by atoms with E-state index in [0.717, 1.165) is 4.68 Å². The number of halogens is 7. The number of rotatable bonds is 4. The Morgan fingerprint density at radius 2 is 1.83 bits per heavy atom. The van der Waals surface area contributed by atoms with Gasteiger partial charge in [-0.15, -0.1) is 0 Å². The Bertz CT molecular complexity index is 1060. The van der Waals surface area contributed by atoms with Crippen molar-refractivity contribution in [1.82, 2.24) is 14.7 Å². The van der Waals surface area contributed by atoms with Gasteiger partial charge in [0.05, 0.1) is 27.5 Å². The quantitative estimate of drug-likeness (QED) is 0.408. The van der Waals surface area contributed by atoms with E-state index in [0.29, 0.717) is 12.1 Å². The topological polar surface area (TPSA) is 83.2 Å². The van der Waals surface area contributed by atoms with Crippen LogP contribution in [0.15, 0.2) is 17.1 Å². The molecular weight excluding hydrogens is 454 g/mol. The van der Waals surface area contributed by atoms with Crippen LogP contribution in [0.5, 0.6) is 0 Å². The molecule has 0 spiro atoms. The van der Waals surface area contributed by atoms with Crippen LogP contribution >= 0.6 is 23.2 Å². The van der Waals surface area contributed by atoms with E-state index >= 15 is 0 Å². The minimum absolute atomic E-state index is 0.257. The Morgan fingerprint density at radius 3 is 2.23 bits per heavy atom.